The van der Waals surface area contributed by atoms with Gasteiger partial charge in [-0.1, -0.05) is 0 Å². The summed E-state index contributed by atoms with van der Waals surface area (Å²) < 4.78 is 0. The molecular formula is C6H7N5. The van der Waals surface area contributed by atoms with Crippen molar-refractivity contribution in [2.24, 2.45) is 0 Å². The Balaban J connectivity index is 2.76. The van der Waals surface area contributed by atoms with Crippen LogP contribution in [0.25, 0.3) is 11.2 Å². The average molecular weight is 149 g/mol. The van der Waals surface area contributed by atoms with Crippen LogP contribution in [0.15, 0.2) is 12.4 Å². The van der Waals surface area contributed by atoms with Crippen molar-refractivity contribution in [1.82, 2.24) is 20.2 Å². The van der Waals surface area contributed by atoms with Gasteiger partial charge in [-0.2, -0.15) is 5.10 Å². The monoisotopic (exact) mass is 149 g/mol. The van der Waals surface area contributed by atoms with Crippen LogP contribution >= 0.6 is 0 Å². The van der Waals surface area contributed by atoms with Crippen LogP contribution in [0.4, 0.5) is 5.82 Å². The van der Waals surface area contributed by atoms with Gasteiger partial charge in [-0.25, -0.2) is 9.97 Å². The second-order valence-electron chi connectivity index (χ2n) is 2.08. The lowest BCUT2D eigenvalue weighted by Crippen LogP contribution is -1.88. The Hall–Kier alpha value is -1.65. The van der Waals surface area contributed by atoms with E-state index in [1.807, 2.05) is 0 Å². The smallest absolute Gasteiger partial charge is 0.176 e. The van der Waals surface area contributed by atoms with E-state index >= 15 is 0 Å². The highest BCUT2D eigenvalue weighted by Crippen LogP contribution is 2.12. The summed E-state index contributed by atoms with van der Waals surface area (Å²) in [6, 6.07) is 0. The summed E-state index contributed by atoms with van der Waals surface area (Å²) in [7, 11) is 1.80. The molecule has 56 valence electrons. The Morgan fingerprint density at radius 1 is 1.36 bits per heavy atom. The van der Waals surface area contributed by atoms with Crippen molar-refractivity contribution in [2.75, 3.05) is 12.4 Å². The number of H-pyrrole nitrogens is 1. The molecule has 0 spiro atoms. The van der Waals surface area contributed by atoms with Crippen molar-refractivity contribution in [3.8, 4) is 0 Å². The highest BCUT2D eigenvalue weighted by atomic mass is 15.2. The molecule has 0 saturated heterocycles. The largest absolute Gasteiger partial charge is 0.370 e. The van der Waals surface area contributed by atoms with Gasteiger partial charge in [0.15, 0.2) is 17.0 Å². The van der Waals surface area contributed by atoms with Gasteiger partial charge in [0, 0.05) is 19.4 Å². The van der Waals surface area contributed by atoms with Crippen molar-refractivity contribution in [3.63, 3.8) is 0 Å². The minimum Gasteiger partial charge on any atom is -0.370 e. The van der Waals surface area contributed by atoms with Gasteiger partial charge in [0.2, 0.25) is 0 Å². The number of fused-ring (bicyclic) bond motifs is 1. The molecule has 2 aromatic rings. The van der Waals surface area contributed by atoms with Crippen molar-refractivity contribution < 1.29 is 0 Å². The first-order valence-corrected chi connectivity index (χ1v) is 3.24. The van der Waals surface area contributed by atoms with Crippen molar-refractivity contribution in [2.45, 2.75) is 0 Å². The molecule has 2 aromatic heterocycles. The van der Waals surface area contributed by atoms with Crippen molar-refractivity contribution >= 4 is 17.0 Å². The molecule has 0 saturated carbocycles. The Kier molecular flexibility index (Phi) is 1.21. The molecular weight excluding hydrogens is 142 g/mol. The van der Waals surface area contributed by atoms with E-state index in [0.29, 0.717) is 5.65 Å². The molecule has 2 rings (SSSR count). The van der Waals surface area contributed by atoms with Crippen LogP contribution in [-0.2, 0) is 0 Å². The Morgan fingerprint density at radius 3 is 3.00 bits per heavy atom. The molecule has 5 nitrogen and oxygen atoms in total. The van der Waals surface area contributed by atoms with Crippen LogP contribution in [0.3, 0.4) is 0 Å². The number of nitrogens with zero attached hydrogens (tertiary/aromatic N) is 3. The lowest BCUT2D eigenvalue weighted by Gasteiger charge is -1.89. The molecule has 0 atom stereocenters. The molecule has 0 bridgehead atoms. The van der Waals surface area contributed by atoms with Gasteiger partial charge in [-0.05, 0) is 0 Å². The number of aromatic nitrogens is 4. The van der Waals surface area contributed by atoms with Crippen LogP contribution in [-0.4, -0.2) is 27.2 Å². The van der Waals surface area contributed by atoms with Gasteiger partial charge in [-0.3, -0.25) is 5.10 Å². The lowest BCUT2D eigenvalue weighted by molar-refractivity contribution is 1.09. The molecule has 0 aromatic carbocycles. The fourth-order valence-electron chi connectivity index (χ4n) is 0.929. The third-order valence-electron chi connectivity index (χ3n) is 1.43. The fourth-order valence-corrected chi connectivity index (χ4v) is 0.929. The highest BCUT2D eigenvalue weighted by molar-refractivity contribution is 5.82. The second kappa shape index (κ2) is 2.19. The molecule has 5 heteroatoms. The standard InChI is InChI=1S/C6H7N5/c1-7-5-4-6(11-10-5)9-3-2-8-4/h2-3H,1H3,(H2,7,9,10,11). The number of rotatable bonds is 1. The Bertz CT molecular complexity index is 366. The first-order chi connectivity index (χ1) is 5.42. The second-order valence-corrected chi connectivity index (χ2v) is 2.08. The maximum absolute atomic E-state index is 4.09. The van der Waals surface area contributed by atoms with E-state index in [1.54, 1.807) is 19.4 Å². The van der Waals surface area contributed by atoms with Gasteiger partial charge in [-0.15, -0.1) is 0 Å². The summed E-state index contributed by atoms with van der Waals surface area (Å²) in [6.07, 6.45) is 3.26. The Labute approximate surface area is 62.9 Å². The summed E-state index contributed by atoms with van der Waals surface area (Å²) in [6.45, 7) is 0. The van der Waals surface area contributed by atoms with Gasteiger partial charge in [0.05, 0.1) is 0 Å². The van der Waals surface area contributed by atoms with E-state index < -0.39 is 0 Å². The molecule has 2 heterocycles. The normalized spacial score (nSPS) is 10.3. The predicted octanol–water partition coefficient (Wildman–Crippen LogP) is 0.395. The zero-order valence-electron chi connectivity index (χ0n) is 6.00. The summed E-state index contributed by atoms with van der Waals surface area (Å²) in [5.74, 6) is 0.730. The zero-order chi connectivity index (χ0) is 7.68. The number of aromatic amines is 1. The molecule has 11 heavy (non-hydrogen) atoms. The Morgan fingerprint density at radius 2 is 2.18 bits per heavy atom. The predicted molar refractivity (Wildman–Crippen MR) is 41.2 cm³/mol. The van der Waals surface area contributed by atoms with E-state index in [0.717, 1.165) is 11.3 Å². The molecule has 0 unspecified atom stereocenters. The minimum absolute atomic E-state index is 0.705. The molecule has 0 aliphatic rings. The van der Waals surface area contributed by atoms with Gasteiger partial charge < -0.3 is 5.32 Å². The first kappa shape index (κ1) is 6.09. The van der Waals surface area contributed by atoms with E-state index in [2.05, 4.69) is 25.5 Å². The van der Waals surface area contributed by atoms with Crippen molar-refractivity contribution in [1.29, 1.82) is 0 Å². The molecule has 0 aliphatic heterocycles. The van der Waals surface area contributed by atoms with Gasteiger partial charge >= 0.3 is 0 Å². The lowest BCUT2D eigenvalue weighted by atomic mass is 10.5. The van der Waals surface area contributed by atoms with E-state index in [-0.39, 0.29) is 0 Å². The maximum Gasteiger partial charge on any atom is 0.176 e. The topological polar surface area (TPSA) is 66.5 Å². The van der Waals surface area contributed by atoms with E-state index in [1.165, 1.54) is 0 Å². The number of hydrogen-bond acceptors (Lipinski definition) is 4. The third-order valence-corrected chi connectivity index (χ3v) is 1.43. The molecule has 0 radical (unpaired) electrons. The van der Waals surface area contributed by atoms with E-state index in [9.17, 15) is 0 Å². The van der Waals surface area contributed by atoms with Crippen LogP contribution < -0.4 is 5.32 Å². The highest BCUT2D eigenvalue weighted by Gasteiger charge is 2.03. The van der Waals surface area contributed by atoms with Crippen LogP contribution in [0, 0.1) is 0 Å². The molecule has 0 amide bonds. The van der Waals surface area contributed by atoms with Gasteiger partial charge in [0.25, 0.3) is 0 Å². The summed E-state index contributed by atoms with van der Waals surface area (Å²) in [5.41, 5.74) is 1.48. The third kappa shape index (κ3) is 0.813. The summed E-state index contributed by atoms with van der Waals surface area (Å²) in [5, 5.41) is 9.61. The number of hydrogen-bond donors (Lipinski definition) is 2. The summed E-state index contributed by atoms with van der Waals surface area (Å²) >= 11 is 0. The van der Waals surface area contributed by atoms with Crippen molar-refractivity contribution in [3.05, 3.63) is 12.4 Å². The average Bonchev–Trinajstić information content (AvgIpc) is 2.47. The molecule has 0 fully saturated rings. The molecule has 0 aliphatic carbocycles. The molecule has 2 N–H and O–H groups in total. The quantitative estimate of drug-likeness (QED) is 0.615. The van der Waals surface area contributed by atoms with E-state index in [4.69, 9.17) is 0 Å². The number of nitrogens with one attached hydrogen (secondary N) is 2. The minimum atomic E-state index is 0.705. The van der Waals surface area contributed by atoms with Crippen LogP contribution in [0.2, 0.25) is 0 Å². The van der Waals surface area contributed by atoms with Crippen LogP contribution in [0.5, 0.6) is 0 Å². The zero-order valence-corrected chi connectivity index (χ0v) is 6.00. The maximum atomic E-state index is 4.09. The SMILES string of the molecule is CNc1n[nH]c2nccnc12. The fraction of sp³-hybridized carbons (Fsp3) is 0.167. The first-order valence-electron chi connectivity index (χ1n) is 3.24. The summed E-state index contributed by atoms with van der Waals surface area (Å²) in [4.78, 5) is 8.12. The van der Waals surface area contributed by atoms with Crippen LogP contribution in [0.1, 0.15) is 0 Å². The number of anilines is 1. The van der Waals surface area contributed by atoms with Gasteiger partial charge in [0.1, 0.15) is 0 Å².